The number of aromatic nitrogens is 2. The maximum atomic E-state index is 12.7. The smallest absolute Gasteiger partial charge is 0.227 e. The van der Waals surface area contributed by atoms with Crippen LogP contribution in [0.4, 0.5) is 5.69 Å². The molecule has 0 radical (unpaired) electrons. The quantitative estimate of drug-likeness (QED) is 0.606. The lowest BCUT2D eigenvalue weighted by Crippen LogP contribution is -2.29. The minimum Gasteiger partial charge on any atom is -0.326 e. The lowest BCUT2D eigenvalue weighted by molar-refractivity contribution is -0.121. The molecular weight excluding hydrogens is 370 g/mol. The van der Waals surface area contributed by atoms with Crippen molar-refractivity contribution in [2.45, 2.75) is 38.5 Å². The summed E-state index contributed by atoms with van der Waals surface area (Å²) in [7, 11) is 0. The van der Waals surface area contributed by atoms with Gasteiger partial charge in [0.2, 0.25) is 5.91 Å². The Balaban J connectivity index is 1.39. The summed E-state index contributed by atoms with van der Waals surface area (Å²) in [6.45, 7) is 2.04. The topological polar surface area (TPSA) is 54.9 Å². The first-order chi connectivity index (χ1) is 13.6. The van der Waals surface area contributed by atoms with Gasteiger partial charge in [-0.2, -0.15) is 0 Å². The van der Waals surface area contributed by atoms with E-state index >= 15 is 0 Å². The predicted octanol–water partition coefficient (Wildman–Crippen LogP) is 5.83. The average Bonchev–Trinajstić information content (AvgIpc) is 2.74. The van der Waals surface area contributed by atoms with E-state index in [0.29, 0.717) is 16.9 Å². The number of carbonyl (C=O) groups is 1. The number of benzene rings is 1. The lowest BCUT2D eigenvalue weighted by Gasteiger charge is -2.32. The summed E-state index contributed by atoms with van der Waals surface area (Å²) < 4.78 is 0. The van der Waals surface area contributed by atoms with Crippen LogP contribution in [-0.4, -0.2) is 15.9 Å². The first kappa shape index (κ1) is 18.9. The number of hydrogen-bond donors (Lipinski definition) is 1. The van der Waals surface area contributed by atoms with Gasteiger partial charge in [-0.3, -0.25) is 4.79 Å². The predicted molar refractivity (Wildman–Crippen MR) is 113 cm³/mol. The van der Waals surface area contributed by atoms with Crippen molar-refractivity contribution in [3.63, 3.8) is 0 Å². The van der Waals surface area contributed by atoms with Crippen LogP contribution in [0.2, 0.25) is 5.02 Å². The standard InChI is InChI=1S/C23H24ClN3O/c1-15(23(28)27-19-10-8-18(24)9-11-19)16-4-6-17(7-5-16)20-12-14-26-22-21(20)3-2-13-25-22/h2-3,8-17H,4-7H2,1H3,(H,27,28)/t15-,16-,17+/m1/s1. The summed E-state index contributed by atoms with van der Waals surface area (Å²) in [6, 6.07) is 13.5. The number of nitrogens with one attached hydrogen (secondary N) is 1. The Kier molecular flexibility index (Phi) is 5.58. The molecule has 4 nitrogen and oxygen atoms in total. The molecular formula is C23H24ClN3O. The zero-order valence-electron chi connectivity index (χ0n) is 15.9. The highest BCUT2D eigenvalue weighted by Crippen LogP contribution is 2.40. The fraction of sp³-hybridized carbons (Fsp3) is 0.348. The zero-order chi connectivity index (χ0) is 19.5. The van der Waals surface area contributed by atoms with E-state index in [2.05, 4.69) is 27.4 Å². The van der Waals surface area contributed by atoms with Gasteiger partial charge in [0.1, 0.15) is 0 Å². The average molecular weight is 394 g/mol. The molecule has 2 aromatic heterocycles. The normalized spacial score (nSPS) is 20.6. The summed E-state index contributed by atoms with van der Waals surface area (Å²) in [5.74, 6) is 1.00. The van der Waals surface area contributed by atoms with Gasteiger partial charge in [0, 0.05) is 34.4 Å². The molecule has 0 spiro atoms. The van der Waals surface area contributed by atoms with Crippen molar-refractivity contribution in [1.29, 1.82) is 0 Å². The van der Waals surface area contributed by atoms with Gasteiger partial charge in [-0.1, -0.05) is 18.5 Å². The molecule has 5 heteroatoms. The first-order valence-electron chi connectivity index (χ1n) is 9.88. The summed E-state index contributed by atoms with van der Waals surface area (Å²) in [4.78, 5) is 21.4. The van der Waals surface area contributed by atoms with E-state index in [4.69, 9.17) is 11.6 Å². The molecule has 28 heavy (non-hydrogen) atoms. The lowest BCUT2D eigenvalue weighted by atomic mass is 9.73. The van der Waals surface area contributed by atoms with Crippen molar-refractivity contribution in [2.75, 3.05) is 5.32 Å². The van der Waals surface area contributed by atoms with Crippen LogP contribution in [0.1, 0.15) is 44.1 Å². The number of halogens is 1. The second-order valence-corrected chi connectivity index (χ2v) is 8.11. The molecule has 1 saturated carbocycles. The van der Waals surface area contributed by atoms with Gasteiger partial charge in [0.05, 0.1) is 0 Å². The molecule has 2 heterocycles. The summed E-state index contributed by atoms with van der Waals surface area (Å²) in [6.07, 6.45) is 7.96. The van der Waals surface area contributed by atoms with Crippen molar-refractivity contribution in [1.82, 2.24) is 9.97 Å². The molecule has 1 fully saturated rings. The third-order valence-corrected chi connectivity index (χ3v) is 6.24. The first-order valence-corrected chi connectivity index (χ1v) is 10.3. The maximum absolute atomic E-state index is 12.7. The van der Waals surface area contributed by atoms with Crippen molar-refractivity contribution in [3.05, 3.63) is 65.4 Å². The highest BCUT2D eigenvalue weighted by Gasteiger charge is 2.30. The summed E-state index contributed by atoms with van der Waals surface area (Å²) >= 11 is 5.91. The van der Waals surface area contributed by atoms with Crippen LogP contribution in [0.5, 0.6) is 0 Å². The van der Waals surface area contributed by atoms with Crippen LogP contribution < -0.4 is 5.32 Å². The number of nitrogens with zero attached hydrogens (tertiary/aromatic N) is 2. The monoisotopic (exact) mass is 393 g/mol. The van der Waals surface area contributed by atoms with Crippen LogP contribution in [0.3, 0.4) is 0 Å². The number of anilines is 1. The molecule has 0 saturated heterocycles. The van der Waals surface area contributed by atoms with Gasteiger partial charge < -0.3 is 5.32 Å². The van der Waals surface area contributed by atoms with Crippen LogP contribution in [0.25, 0.3) is 11.0 Å². The molecule has 1 aliphatic carbocycles. The number of pyridine rings is 2. The Hall–Kier alpha value is -2.46. The Morgan fingerprint density at radius 3 is 2.50 bits per heavy atom. The molecule has 1 amide bonds. The molecule has 144 valence electrons. The molecule has 1 atom stereocenters. The van der Waals surface area contributed by atoms with Gasteiger partial charge in [-0.05, 0) is 85.5 Å². The van der Waals surface area contributed by atoms with Crippen LogP contribution >= 0.6 is 11.6 Å². The number of fused-ring (bicyclic) bond motifs is 1. The van der Waals surface area contributed by atoms with Gasteiger partial charge in [0.15, 0.2) is 5.65 Å². The minimum absolute atomic E-state index is 0.00696. The Bertz CT molecular complexity index is 960. The maximum Gasteiger partial charge on any atom is 0.227 e. The molecule has 3 aromatic rings. The fourth-order valence-electron chi connectivity index (χ4n) is 4.29. The SMILES string of the molecule is C[C@@H](C(=O)Nc1ccc(Cl)cc1)[C@H]1CC[C@@H](c2ccnc3ncccc32)CC1. The van der Waals surface area contributed by atoms with Crippen LogP contribution in [-0.2, 0) is 4.79 Å². The second kappa shape index (κ2) is 8.27. The van der Waals surface area contributed by atoms with Gasteiger partial charge in [-0.25, -0.2) is 9.97 Å². The van der Waals surface area contributed by atoms with E-state index in [0.717, 1.165) is 42.4 Å². The largest absolute Gasteiger partial charge is 0.326 e. The molecule has 0 aliphatic heterocycles. The fourth-order valence-corrected chi connectivity index (χ4v) is 4.42. The summed E-state index contributed by atoms with van der Waals surface area (Å²) in [5.41, 5.74) is 2.96. The molecule has 1 N–H and O–H groups in total. The second-order valence-electron chi connectivity index (χ2n) is 7.67. The van der Waals surface area contributed by atoms with E-state index in [9.17, 15) is 4.79 Å². The molecule has 0 bridgehead atoms. The van der Waals surface area contributed by atoms with E-state index in [1.54, 1.807) is 18.3 Å². The number of amides is 1. The van der Waals surface area contributed by atoms with Crippen molar-refractivity contribution in [2.24, 2.45) is 11.8 Å². The van der Waals surface area contributed by atoms with Gasteiger partial charge >= 0.3 is 0 Å². The van der Waals surface area contributed by atoms with Gasteiger partial charge in [0.25, 0.3) is 0 Å². The zero-order valence-corrected chi connectivity index (χ0v) is 16.7. The van der Waals surface area contributed by atoms with Gasteiger partial charge in [-0.15, -0.1) is 0 Å². The van der Waals surface area contributed by atoms with Crippen molar-refractivity contribution < 1.29 is 4.79 Å². The Morgan fingerprint density at radius 2 is 1.75 bits per heavy atom. The molecule has 1 aromatic carbocycles. The highest BCUT2D eigenvalue weighted by molar-refractivity contribution is 6.30. The minimum atomic E-state index is -0.00696. The Labute approximate surface area is 170 Å². The molecule has 0 unspecified atom stereocenters. The van der Waals surface area contributed by atoms with E-state index in [1.165, 1.54) is 5.56 Å². The van der Waals surface area contributed by atoms with Crippen LogP contribution in [0.15, 0.2) is 54.9 Å². The third kappa shape index (κ3) is 4.02. The van der Waals surface area contributed by atoms with E-state index < -0.39 is 0 Å². The number of hydrogen-bond acceptors (Lipinski definition) is 3. The van der Waals surface area contributed by atoms with Crippen molar-refractivity contribution >= 4 is 34.2 Å². The number of rotatable bonds is 4. The van der Waals surface area contributed by atoms with E-state index in [-0.39, 0.29) is 11.8 Å². The summed E-state index contributed by atoms with van der Waals surface area (Å²) in [5, 5.41) is 4.84. The molecule has 4 rings (SSSR count). The van der Waals surface area contributed by atoms with Crippen molar-refractivity contribution in [3.8, 4) is 0 Å². The third-order valence-electron chi connectivity index (χ3n) is 5.99. The highest BCUT2D eigenvalue weighted by atomic mass is 35.5. The van der Waals surface area contributed by atoms with E-state index in [1.807, 2.05) is 31.3 Å². The van der Waals surface area contributed by atoms with Crippen LogP contribution in [0, 0.1) is 11.8 Å². The number of carbonyl (C=O) groups excluding carboxylic acids is 1. The molecule has 1 aliphatic rings. The Morgan fingerprint density at radius 1 is 1.04 bits per heavy atom.